The van der Waals surface area contributed by atoms with Crippen molar-refractivity contribution < 1.29 is 31.9 Å². The van der Waals surface area contributed by atoms with E-state index in [1.165, 1.54) is 12.1 Å². The van der Waals surface area contributed by atoms with Crippen LogP contribution in [0, 0.1) is 23.0 Å². The molecule has 4 heterocycles. The largest absolute Gasteiger partial charge is 0.490 e. The zero-order valence-electron chi connectivity index (χ0n) is 28.3. The molecular formula is C34H33ClF5N9O2S. The van der Waals surface area contributed by atoms with Gasteiger partial charge < -0.3 is 31.3 Å². The summed E-state index contributed by atoms with van der Waals surface area (Å²) in [6.45, 7) is 3.36. The number of benzene rings is 2. The van der Waals surface area contributed by atoms with Crippen molar-refractivity contribution in [2.45, 2.75) is 38.0 Å². The number of hydrogen-bond acceptors (Lipinski definition) is 11. The number of hydrogen-bond donors (Lipinski definition) is 3. The van der Waals surface area contributed by atoms with Crippen LogP contribution in [0.1, 0.15) is 36.9 Å². The van der Waals surface area contributed by atoms with Crippen molar-refractivity contribution in [3.05, 3.63) is 64.3 Å². The van der Waals surface area contributed by atoms with Crippen molar-refractivity contribution in [2.75, 3.05) is 55.5 Å². The smallest absolute Gasteiger partial charge is 0.475 e. The average molecular weight is 762 g/mol. The number of fused-ring (bicyclic) bond motifs is 2. The summed E-state index contributed by atoms with van der Waals surface area (Å²) in [5.74, 6) is -2.77. The molecule has 0 radical (unpaired) electrons. The SMILES string of the molecule is C[C@H](c1cccnc1N)N(C)c1nc(N2CCC(N(C)C)CC2)nc2c(F)c(-c3ccc(F)c4sc(N)c(C#N)c34)c(Cl)cc12.O=C(O)C(F)(F)F. The highest BCUT2D eigenvalue weighted by Gasteiger charge is 2.38. The molecule has 0 unspecified atom stereocenters. The van der Waals surface area contributed by atoms with E-state index in [-0.39, 0.29) is 48.4 Å². The van der Waals surface area contributed by atoms with E-state index in [0.717, 1.165) is 29.7 Å². The molecule has 0 saturated carbocycles. The molecular weight excluding hydrogens is 729 g/mol. The number of piperidine rings is 1. The summed E-state index contributed by atoms with van der Waals surface area (Å²) in [4.78, 5) is 29.1. The number of alkyl halides is 3. The minimum absolute atomic E-state index is 0.0117. The van der Waals surface area contributed by atoms with Crippen LogP contribution in [0.5, 0.6) is 0 Å². The van der Waals surface area contributed by atoms with E-state index in [0.29, 0.717) is 42.1 Å². The van der Waals surface area contributed by atoms with E-state index in [1.54, 1.807) is 12.3 Å². The third-order valence-corrected chi connectivity index (χ3v) is 10.3. The number of nitrogens with two attached hydrogens (primary N) is 2. The highest BCUT2D eigenvalue weighted by Crippen LogP contribution is 2.46. The second-order valence-corrected chi connectivity index (χ2v) is 13.8. The molecule has 5 N–H and O–H groups in total. The molecule has 1 atom stereocenters. The molecule has 3 aromatic heterocycles. The number of nitrogen functional groups attached to an aromatic ring is 2. The average Bonchev–Trinajstić information content (AvgIpc) is 3.45. The summed E-state index contributed by atoms with van der Waals surface area (Å²) in [6, 6.07) is 10.2. The van der Waals surface area contributed by atoms with Gasteiger partial charge in [0.2, 0.25) is 5.95 Å². The topological polar surface area (TPSA) is 162 Å². The molecule has 274 valence electrons. The lowest BCUT2D eigenvalue weighted by Gasteiger charge is -2.36. The molecule has 5 aromatic rings. The zero-order chi connectivity index (χ0) is 38.2. The number of anilines is 4. The first-order valence-corrected chi connectivity index (χ1v) is 16.9. The Kier molecular flexibility index (Phi) is 10.9. The quantitative estimate of drug-likeness (QED) is 0.150. The van der Waals surface area contributed by atoms with Crippen LogP contribution in [0.4, 0.5) is 44.5 Å². The summed E-state index contributed by atoms with van der Waals surface area (Å²) >= 11 is 7.80. The van der Waals surface area contributed by atoms with E-state index in [1.807, 2.05) is 37.1 Å². The van der Waals surface area contributed by atoms with Gasteiger partial charge in [-0.1, -0.05) is 23.7 Å². The Balaban J connectivity index is 0.000000679. The van der Waals surface area contributed by atoms with Gasteiger partial charge in [0.1, 0.15) is 34.0 Å². The molecule has 1 saturated heterocycles. The second kappa shape index (κ2) is 14.9. The number of carbonyl (C=O) groups is 1. The van der Waals surface area contributed by atoms with Crippen LogP contribution < -0.4 is 21.3 Å². The van der Waals surface area contributed by atoms with Gasteiger partial charge in [-0.25, -0.2) is 23.5 Å². The number of carboxylic acids is 1. The first-order chi connectivity index (χ1) is 24.5. The van der Waals surface area contributed by atoms with Crippen LogP contribution in [0.25, 0.3) is 32.1 Å². The molecule has 0 aliphatic carbocycles. The number of carboxylic acid groups (broad SMARTS) is 1. The Morgan fingerprint density at radius 1 is 1.15 bits per heavy atom. The predicted octanol–water partition coefficient (Wildman–Crippen LogP) is 7.24. The van der Waals surface area contributed by atoms with E-state index in [2.05, 4.69) is 28.9 Å². The van der Waals surface area contributed by atoms with Gasteiger partial charge in [-0.3, -0.25) is 0 Å². The van der Waals surface area contributed by atoms with Crippen LogP contribution in [-0.4, -0.2) is 77.4 Å². The van der Waals surface area contributed by atoms with Crippen molar-refractivity contribution in [2.24, 2.45) is 0 Å². The van der Waals surface area contributed by atoms with Gasteiger partial charge in [-0.15, -0.1) is 11.3 Å². The van der Waals surface area contributed by atoms with Gasteiger partial charge in [-0.05, 0) is 57.6 Å². The summed E-state index contributed by atoms with van der Waals surface area (Å²) in [5.41, 5.74) is 13.5. The molecule has 1 fully saturated rings. The Bertz CT molecular complexity index is 2200. The Morgan fingerprint density at radius 3 is 2.38 bits per heavy atom. The number of pyridine rings is 1. The number of thiophene rings is 1. The van der Waals surface area contributed by atoms with E-state index in [4.69, 9.17) is 42.9 Å². The summed E-state index contributed by atoms with van der Waals surface area (Å²) in [7, 11) is 5.99. The maximum absolute atomic E-state index is 17.0. The molecule has 18 heteroatoms. The molecule has 52 heavy (non-hydrogen) atoms. The van der Waals surface area contributed by atoms with Crippen LogP contribution >= 0.6 is 22.9 Å². The zero-order valence-corrected chi connectivity index (χ0v) is 29.8. The van der Waals surface area contributed by atoms with Gasteiger partial charge in [0, 0.05) is 54.3 Å². The van der Waals surface area contributed by atoms with Gasteiger partial charge in [0.25, 0.3) is 0 Å². The van der Waals surface area contributed by atoms with Crippen LogP contribution in [0.2, 0.25) is 5.02 Å². The van der Waals surface area contributed by atoms with E-state index in [9.17, 15) is 22.8 Å². The van der Waals surface area contributed by atoms with E-state index < -0.39 is 23.8 Å². The number of aromatic nitrogens is 3. The van der Waals surface area contributed by atoms with Crippen molar-refractivity contribution in [1.82, 2.24) is 19.9 Å². The minimum Gasteiger partial charge on any atom is -0.475 e. The first kappa shape index (κ1) is 38.2. The monoisotopic (exact) mass is 761 g/mol. The molecule has 2 aromatic carbocycles. The maximum Gasteiger partial charge on any atom is 0.490 e. The Labute approximate surface area is 303 Å². The predicted molar refractivity (Wildman–Crippen MR) is 192 cm³/mol. The lowest BCUT2D eigenvalue weighted by atomic mass is 9.97. The first-order valence-electron chi connectivity index (χ1n) is 15.7. The van der Waals surface area contributed by atoms with Crippen LogP contribution in [0.3, 0.4) is 0 Å². The lowest BCUT2D eigenvalue weighted by Crippen LogP contribution is -2.42. The van der Waals surface area contributed by atoms with Crippen molar-refractivity contribution in [1.29, 1.82) is 5.26 Å². The van der Waals surface area contributed by atoms with Crippen molar-refractivity contribution in [3.63, 3.8) is 0 Å². The third kappa shape index (κ3) is 7.31. The summed E-state index contributed by atoms with van der Waals surface area (Å²) in [5, 5.41) is 17.8. The van der Waals surface area contributed by atoms with Gasteiger partial charge in [0.05, 0.1) is 21.3 Å². The Morgan fingerprint density at radius 2 is 1.81 bits per heavy atom. The molecule has 1 aliphatic rings. The standard InChI is InChI=1S/C32H32ClF2N9S.C2HF3O2/c1-16(18-6-5-11-39-29(18)37)43(4)31-20-14-22(33)25(19-7-8-23(34)28-24(19)21(15-36)30(38)45-28)26(35)27(20)40-32(41-31)44-12-9-17(10-13-44)42(2)3;3-2(4,5)1(6)7/h5-8,11,14,16-17H,9-10,12-13,38H2,1-4H3,(H2,37,39);(H,6,7)/t16-;/m1./s1. The fourth-order valence-electron chi connectivity index (χ4n) is 6.09. The molecule has 11 nitrogen and oxygen atoms in total. The number of halogens is 6. The lowest BCUT2D eigenvalue weighted by molar-refractivity contribution is -0.192. The highest BCUT2D eigenvalue weighted by atomic mass is 35.5. The van der Waals surface area contributed by atoms with Gasteiger partial charge in [-0.2, -0.15) is 23.4 Å². The number of nitrogens with zero attached hydrogens (tertiary/aromatic N) is 7. The van der Waals surface area contributed by atoms with Crippen LogP contribution in [0.15, 0.2) is 36.5 Å². The summed E-state index contributed by atoms with van der Waals surface area (Å²) < 4.78 is 63.7. The highest BCUT2D eigenvalue weighted by molar-refractivity contribution is 7.23. The van der Waals surface area contributed by atoms with Crippen molar-refractivity contribution in [3.8, 4) is 17.2 Å². The van der Waals surface area contributed by atoms with Gasteiger partial charge in [0.15, 0.2) is 5.82 Å². The molecule has 0 amide bonds. The normalized spacial score (nSPS) is 14.3. The molecule has 0 bridgehead atoms. The minimum atomic E-state index is -5.08. The molecule has 6 rings (SSSR count). The number of nitriles is 1. The molecule has 0 spiro atoms. The fraction of sp³-hybridized carbons (Fsp3) is 0.324. The number of rotatable bonds is 6. The summed E-state index contributed by atoms with van der Waals surface area (Å²) in [6.07, 6.45) is -1.65. The van der Waals surface area contributed by atoms with Crippen molar-refractivity contribution >= 4 is 72.5 Å². The van der Waals surface area contributed by atoms with Gasteiger partial charge >= 0.3 is 12.1 Å². The fourth-order valence-corrected chi connectivity index (χ4v) is 7.34. The second-order valence-electron chi connectivity index (χ2n) is 12.3. The van der Waals surface area contributed by atoms with E-state index >= 15 is 4.39 Å². The maximum atomic E-state index is 17.0. The third-order valence-electron chi connectivity index (χ3n) is 9.01. The Hall–Kier alpha value is -5.05. The number of aliphatic carboxylic acids is 1. The van der Waals surface area contributed by atoms with Crippen LogP contribution in [-0.2, 0) is 4.79 Å². The molecule has 1 aliphatic heterocycles.